The van der Waals surface area contributed by atoms with E-state index in [1.165, 1.54) is 37.7 Å². The maximum atomic E-state index is 2.46. The number of hydrogen-bond donors (Lipinski definition) is 0. The summed E-state index contributed by atoms with van der Waals surface area (Å²) >= 11 is 0. The SMILES string of the molecule is C1=CC2CC1CC2=C1CC(Cc2ccccc2)C1. The average Bonchev–Trinajstić information content (AvgIpc) is 2.96. The topological polar surface area (TPSA) is 0 Å². The number of hydrogen-bond acceptors (Lipinski definition) is 0. The monoisotopic (exact) mass is 236 g/mol. The summed E-state index contributed by atoms with van der Waals surface area (Å²) in [7, 11) is 0. The Morgan fingerprint density at radius 1 is 0.944 bits per heavy atom. The van der Waals surface area contributed by atoms with Gasteiger partial charge in [-0.1, -0.05) is 53.6 Å². The van der Waals surface area contributed by atoms with Gasteiger partial charge in [0.05, 0.1) is 0 Å². The molecule has 2 unspecified atom stereocenters. The number of fused-ring (bicyclic) bond motifs is 2. The van der Waals surface area contributed by atoms with E-state index in [9.17, 15) is 0 Å². The number of allylic oxidation sites excluding steroid dienone is 4. The lowest BCUT2D eigenvalue weighted by Crippen LogP contribution is -2.20. The van der Waals surface area contributed by atoms with Gasteiger partial charge in [-0.15, -0.1) is 0 Å². The molecule has 1 aromatic rings. The Morgan fingerprint density at radius 2 is 1.78 bits per heavy atom. The van der Waals surface area contributed by atoms with Gasteiger partial charge in [0.25, 0.3) is 0 Å². The molecule has 1 aromatic carbocycles. The molecule has 0 spiro atoms. The van der Waals surface area contributed by atoms with Crippen molar-refractivity contribution in [3.05, 3.63) is 59.2 Å². The van der Waals surface area contributed by atoms with E-state index in [-0.39, 0.29) is 0 Å². The summed E-state index contributed by atoms with van der Waals surface area (Å²) in [6, 6.07) is 11.0. The molecule has 2 bridgehead atoms. The van der Waals surface area contributed by atoms with Gasteiger partial charge in [0.1, 0.15) is 0 Å². The fourth-order valence-electron chi connectivity index (χ4n) is 4.02. The fraction of sp³-hybridized carbons (Fsp3) is 0.444. The Kier molecular flexibility index (Phi) is 2.43. The second kappa shape index (κ2) is 4.12. The van der Waals surface area contributed by atoms with Gasteiger partial charge in [-0.25, -0.2) is 0 Å². The van der Waals surface area contributed by atoms with Crippen molar-refractivity contribution < 1.29 is 0 Å². The van der Waals surface area contributed by atoms with Crippen molar-refractivity contribution in [3.8, 4) is 0 Å². The average molecular weight is 236 g/mol. The molecule has 0 radical (unpaired) electrons. The molecule has 4 rings (SSSR count). The van der Waals surface area contributed by atoms with Crippen LogP contribution in [-0.2, 0) is 6.42 Å². The predicted octanol–water partition coefficient (Wildman–Crippen LogP) is 4.53. The highest BCUT2D eigenvalue weighted by atomic mass is 14.4. The molecular weight excluding hydrogens is 216 g/mol. The minimum Gasteiger partial charge on any atom is -0.0845 e. The summed E-state index contributed by atoms with van der Waals surface area (Å²) in [5, 5.41) is 0. The summed E-state index contributed by atoms with van der Waals surface area (Å²) in [5.41, 5.74) is 5.15. The lowest BCUT2D eigenvalue weighted by Gasteiger charge is -2.33. The Labute approximate surface area is 109 Å². The van der Waals surface area contributed by atoms with E-state index in [1.54, 1.807) is 0 Å². The molecule has 2 fully saturated rings. The minimum atomic E-state index is 0.836. The van der Waals surface area contributed by atoms with Gasteiger partial charge < -0.3 is 0 Å². The highest BCUT2D eigenvalue weighted by Crippen LogP contribution is 2.49. The van der Waals surface area contributed by atoms with Crippen molar-refractivity contribution >= 4 is 0 Å². The first-order valence-corrected chi connectivity index (χ1v) is 7.31. The van der Waals surface area contributed by atoms with Gasteiger partial charge in [-0.05, 0) is 55.4 Å². The van der Waals surface area contributed by atoms with Crippen LogP contribution in [0.2, 0.25) is 0 Å². The van der Waals surface area contributed by atoms with Crippen LogP contribution < -0.4 is 0 Å². The molecule has 92 valence electrons. The zero-order valence-electron chi connectivity index (χ0n) is 10.8. The van der Waals surface area contributed by atoms with Crippen LogP contribution in [0.15, 0.2) is 53.6 Å². The molecule has 18 heavy (non-hydrogen) atoms. The van der Waals surface area contributed by atoms with Gasteiger partial charge in [0.15, 0.2) is 0 Å². The standard InChI is InChI=1S/C18H20/c1-2-4-13(5-3-1)8-15-10-17(11-15)18-12-14-6-7-16(18)9-14/h1-7,14-16H,8-12H2. The lowest BCUT2D eigenvalue weighted by atomic mass is 9.72. The summed E-state index contributed by atoms with van der Waals surface area (Å²) in [5.74, 6) is 2.64. The van der Waals surface area contributed by atoms with Crippen molar-refractivity contribution in [1.82, 2.24) is 0 Å². The van der Waals surface area contributed by atoms with Crippen molar-refractivity contribution in [1.29, 1.82) is 0 Å². The Balaban J connectivity index is 1.41. The minimum absolute atomic E-state index is 0.836. The van der Waals surface area contributed by atoms with E-state index >= 15 is 0 Å². The van der Waals surface area contributed by atoms with Gasteiger partial charge in [0.2, 0.25) is 0 Å². The summed E-state index contributed by atoms with van der Waals surface area (Å²) in [6.45, 7) is 0. The van der Waals surface area contributed by atoms with Crippen LogP contribution in [0.5, 0.6) is 0 Å². The second-order valence-corrected chi connectivity index (χ2v) is 6.28. The molecular formula is C18H20. The molecule has 3 aliphatic carbocycles. The normalized spacial score (nSPS) is 33.0. The number of benzene rings is 1. The van der Waals surface area contributed by atoms with Crippen LogP contribution >= 0.6 is 0 Å². The summed E-state index contributed by atoms with van der Waals surface area (Å²) in [4.78, 5) is 0. The van der Waals surface area contributed by atoms with E-state index in [0.717, 1.165) is 17.8 Å². The first kappa shape index (κ1) is 10.6. The molecule has 0 nitrogen and oxygen atoms in total. The van der Waals surface area contributed by atoms with Crippen LogP contribution in [0, 0.1) is 17.8 Å². The molecule has 0 saturated heterocycles. The Bertz CT molecular complexity index is 498. The smallest absolute Gasteiger partial charge is 0.00146 e. The second-order valence-electron chi connectivity index (χ2n) is 6.28. The van der Waals surface area contributed by atoms with E-state index in [2.05, 4.69) is 42.5 Å². The van der Waals surface area contributed by atoms with Gasteiger partial charge in [-0.2, -0.15) is 0 Å². The first-order chi connectivity index (χ1) is 8.88. The molecule has 0 N–H and O–H groups in total. The molecule has 2 atom stereocenters. The van der Waals surface area contributed by atoms with E-state index < -0.39 is 0 Å². The Morgan fingerprint density at radius 3 is 2.44 bits per heavy atom. The van der Waals surface area contributed by atoms with E-state index in [0.29, 0.717) is 0 Å². The molecule has 0 aliphatic heterocycles. The van der Waals surface area contributed by atoms with Crippen molar-refractivity contribution in [2.75, 3.05) is 0 Å². The quantitative estimate of drug-likeness (QED) is 0.662. The van der Waals surface area contributed by atoms with E-state index in [4.69, 9.17) is 0 Å². The highest BCUT2D eigenvalue weighted by Gasteiger charge is 2.36. The predicted molar refractivity (Wildman–Crippen MR) is 75.3 cm³/mol. The third-order valence-electron chi connectivity index (χ3n) is 4.99. The summed E-state index contributed by atoms with van der Waals surface area (Å²) in [6.07, 6.45) is 11.7. The third kappa shape index (κ3) is 1.75. The van der Waals surface area contributed by atoms with Crippen molar-refractivity contribution in [2.45, 2.75) is 32.1 Å². The molecule has 2 saturated carbocycles. The van der Waals surface area contributed by atoms with Gasteiger partial charge in [-0.3, -0.25) is 0 Å². The van der Waals surface area contributed by atoms with Gasteiger partial charge >= 0.3 is 0 Å². The van der Waals surface area contributed by atoms with Gasteiger partial charge in [0, 0.05) is 0 Å². The molecule has 0 aromatic heterocycles. The van der Waals surface area contributed by atoms with Crippen LogP contribution in [0.25, 0.3) is 0 Å². The number of rotatable bonds is 2. The zero-order valence-corrected chi connectivity index (χ0v) is 10.8. The van der Waals surface area contributed by atoms with Crippen LogP contribution in [0.1, 0.15) is 31.2 Å². The van der Waals surface area contributed by atoms with Crippen LogP contribution in [0.3, 0.4) is 0 Å². The van der Waals surface area contributed by atoms with E-state index in [1.807, 2.05) is 11.1 Å². The molecule has 0 heterocycles. The van der Waals surface area contributed by atoms with Crippen molar-refractivity contribution in [3.63, 3.8) is 0 Å². The van der Waals surface area contributed by atoms with Crippen molar-refractivity contribution in [2.24, 2.45) is 17.8 Å². The maximum absolute atomic E-state index is 2.46. The molecule has 0 amide bonds. The highest BCUT2D eigenvalue weighted by molar-refractivity contribution is 5.35. The third-order valence-corrected chi connectivity index (χ3v) is 4.99. The first-order valence-electron chi connectivity index (χ1n) is 7.31. The zero-order chi connectivity index (χ0) is 11.9. The molecule has 3 aliphatic rings. The summed E-state index contributed by atoms with van der Waals surface area (Å²) < 4.78 is 0. The largest absolute Gasteiger partial charge is 0.0845 e. The molecule has 0 heteroatoms. The maximum Gasteiger partial charge on any atom is -0.00146 e. The Hall–Kier alpha value is -1.30. The van der Waals surface area contributed by atoms with Crippen LogP contribution in [0.4, 0.5) is 0 Å². The van der Waals surface area contributed by atoms with Crippen LogP contribution in [-0.4, -0.2) is 0 Å². The fourth-order valence-corrected chi connectivity index (χ4v) is 4.02. The lowest BCUT2D eigenvalue weighted by molar-refractivity contribution is 0.407.